The van der Waals surface area contributed by atoms with E-state index in [-0.39, 0.29) is 23.9 Å². The van der Waals surface area contributed by atoms with Crippen molar-refractivity contribution < 1.29 is 23.1 Å². The first-order valence-corrected chi connectivity index (χ1v) is 11.0. The maximum atomic E-state index is 12.6. The van der Waals surface area contributed by atoms with Crippen molar-refractivity contribution in [3.05, 3.63) is 87.6 Å². The Bertz CT molecular complexity index is 1040. The van der Waals surface area contributed by atoms with Crippen molar-refractivity contribution in [1.29, 1.82) is 0 Å². The van der Waals surface area contributed by atoms with E-state index in [1.165, 1.54) is 41.2 Å². The Morgan fingerprint density at radius 2 is 1.66 bits per heavy atom. The third-order valence-electron chi connectivity index (χ3n) is 4.83. The number of hydrogen-bond acceptors (Lipinski definition) is 4. The molecule has 1 aromatic heterocycles. The lowest BCUT2D eigenvalue weighted by atomic mass is 9.98. The smallest absolute Gasteiger partial charge is 0.387 e. The first kappa shape index (κ1) is 23.4. The summed E-state index contributed by atoms with van der Waals surface area (Å²) in [5, 5.41) is 7.34. The van der Waals surface area contributed by atoms with E-state index in [1.807, 2.05) is 41.8 Å². The third-order valence-corrected chi connectivity index (χ3v) is 5.76. The molecule has 8 heteroatoms. The first-order chi connectivity index (χ1) is 15.3. The van der Waals surface area contributed by atoms with Crippen LogP contribution in [-0.4, -0.2) is 25.0 Å². The molecular weight excluding hydrogens is 434 g/mol. The van der Waals surface area contributed by atoms with Gasteiger partial charge in [-0.05, 0) is 40.6 Å². The summed E-state index contributed by atoms with van der Waals surface area (Å²) in [5.41, 5.74) is 2.05. The summed E-state index contributed by atoms with van der Waals surface area (Å²) < 4.78 is 29.5. The largest absolute Gasteiger partial charge is 0.434 e. The van der Waals surface area contributed by atoms with Crippen molar-refractivity contribution in [2.24, 2.45) is 0 Å². The van der Waals surface area contributed by atoms with Gasteiger partial charge in [-0.3, -0.25) is 9.59 Å². The van der Waals surface area contributed by atoms with Crippen LogP contribution in [0.2, 0.25) is 0 Å². The van der Waals surface area contributed by atoms with Crippen LogP contribution in [0.25, 0.3) is 0 Å². The van der Waals surface area contributed by atoms with Crippen molar-refractivity contribution in [3.63, 3.8) is 0 Å². The minimum Gasteiger partial charge on any atom is -0.434 e. The van der Waals surface area contributed by atoms with Gasteiger partial charge < -0.3 is 15.4 Å². The second kappa shape index (κ2) is 10.9. The van der Waals surface area contributed by atoms with Gasteiger partial charge in [0.1, 0.15) is 5.75 Å². The van der Waals surface area contributed by atoms with Crippen LogP contribution in [0.5, 0.6) is 5.75 Å². The molecule has 0 aliphatic heterocycles. The molecule has 2 amide bonds. The van der Waals surface area contributed by atoms with Gasteiger partial charge in [-0.15, -0.1) is 11.3 Å². The Labute approximate surface area is 189 Å². The van der Waals surface area contributed by atoms with E-state index in [1.54, 1.807) is 0 Å². The van der Waals surface area contributed by atoms with E-state index in [2.05, 4.69) is 29.2 Å². The Kier molecular flexibility index (Phi) is 7.94. The van der Waals surface area contributed by atoms with Crippen molar-refractivity contribution in [2.45, 2.75) is 32.4 Å². The first-order valence-electron chi connectivity index (χ1n) is 10.1. The summed E-state index contributed by atoms with van der Waals surface area (Å²) in [7, 11) is 0. The number of amides is 2. The highest BCUT2D eigenvalue weighted by Gasteiger charge is 2.20. The Balaban J connectivity index is 1.68. The standard InChI is InChI=1S/C24H24F2N2O3S/c1-15(2)16-9-11-17(12-10-16)22(20-8-5-13-32-20)28-21(29)14-27-23(30)18-6-3-4-7-19(18)31-24(25)26/h3-13,15,22,24H,14H2,1-2H3,(H,27,30)(H,28,29). The second-order valence-corrected chi connectivity index (χ2v) is 8.37. The van der Waals surface area contributed by atoms with E-state index < -0.39 is 18.4 Å². The number of carbonyl (C=O) groups is 2. The van der Waals surface area contributed by atoms with Crippen LogP contribution in [0.15, 0.2) is 66.0 Å². The van der Waals surface area contributed by atoms with Crippen LogP contribution >= 0.6 is 11.3 Å². The summed E-state index contributed by atoms with van der Waals surface area (Å²) in [6.07, 6.45) is 0. The zero-order valence-corrected chi connectivity index (χ0v) is 18.5. The molecule has 3 aromatic rings. The molecule has 0 radical (unpaired) electrons. The van der Waals surface area contributed by atoms with Crippen LogP contribution < -0.4 is 15.4 Å². The molecule has 2 aromatic carbocycles. The maximum absolute atomic E-state index is 12.6. The molecule has 0 bridgehead atoms. The molecule has 1 unspecified atom stereocenters. The molecule has 0 spiro atoms. The highest BCUT2D eigenvalue weighted by atomic mass is 32.1. The molecule has 0 aliphatic rings. The van der Waals surface area contributed by atoms with Gasteiger partial charge >= 0.3 is 6.61 Å². The molecule has 3 rings (SSSR count). The number of carbonyl (C=O) groups excluding carboxylic acids is 2. The minimum atomic E-state index is -3.05. The van der Waals surface area contributed by atoms with Crippen molar-refractivity contribution >= 4 is 23.2 Å². The van der Waals surface area contributed by atoms with Gasteiger partial charge in [0.05, 0.1) is 18.2 Å². The molecule has 0 aliphatic carbocycles. The van der Waals surface area contributed by atoms with Crippen molar-refractivity contribution in [3.8, 4) is 5.75 Å². The molecule has 1 atom stereocenters. The molecule has 5 nitrogen and oxygen atoms in total. The fraction of sp³-hybridized carbons (Fsp3) is 0.250. The van der Waals surface area contributed by atoms with Gasteiger partial charge in [-0.1, -0.05) is 56.3 Å². The van der Waals surface area contributed by atoms with Crippen LogP contribution in [0.1, 0.15) is 52.2 Å². The molecule has 0 fully saturated rings. The SMILES string of the molecule is CC(C)c1ccc(C(NC(=O)CNC(=O)c2ccccc2OC(F)F)c2cccs2)cc1. The third kappa shape index (κ3) is 6.13. The number of rotatable bonds is 9. The fourth-order valence-electron chi connectivity index (χ4n) is 3.17. The highest BCUT2D eigenvalue weighted by Crippen LogP contribution is 2.27. The van der Waals surface area contributed by atoms with Crippen LogP contribution in [0.3, 0.4) is 0 Å². The molecule has 32 heavy (non-hydrogen) atoms. The zero-order valence-electron chi connectivity index (χ0n) is 17.7. The lowest BCUT2D eigenvalue weighted by Gasteiger charge is -2.19. The quantitative estimate of drug-likeness (QED) is 0.468. The van der Waals surface area contributed by atoms with Gasteiger partial charge in [0.15, 0.2) is 0 Å². The molecule has 1 heterocycles. The zero-order chi connectivity index (χ0) is 23.1. The van der Waals surface area contributed by atoms with E-state index in [9.17, 15) is 18.4 Å². The molecule has 0 saturated heterocycles. The number of thiophene rings is 1. The van der Waals surface area contributed by atoms with Crippen LogP contribution in [-0.2, 0) is 4.79 Å². The van der Waals surface area contributed by atoms with Gasteiger partial charge in [-0.2, -0.15) is 8.78 Å². The minimum absolute atomic E-state index is 0.0697. The van der Waals surface area contributed by atoms with E-state index in [0.717, 1.165) is 10.4 Å². The number of ether oxygens (including phenoxy) is 1. The lowest BCUT2D eigenvalue weighted by molar-refractivity contribution is -0.120. The van der Waals surface area contributed by atoms with E-state index in [0.29, 0.717) is 5.92 Å². The number of nitrogens with one attached hydrogen (secondary N) is 2. The number of halogens is 2. The van der Waals surface area contributed by atoms with E-state index in [4.69, 9.17) is 0 Å². The second-order valence-electron chi connectivity index (χ2n) is 7.39. The maximum Gasteiger partial charge on any atom is 0.387 e. The fourth-order valence-corrected chi connectivity index (χ4v) is 3.97. The normalized spacial score (nSPS) is 11.9. The number of benzene rings is 2. The van der Waals surface area contributed by atoms with Crippen molar-refractivity contribution in [2.75, 3.05) is 6.54 Å². The number of para-hydroxylation sites is 1. The topological polar surface area (TPSA) is 67.4 Å². The van der Waals surface area contributed by atoms with Crippen LogP contribution in [0.4, 0.5) is 8.78 Å². The summed E-state index contributed by atoms with van der Waals surface area (Å²) in [4.78, 5) is 26.0. The number of hydrogen-bond donors (Lipinski definition) is 2. The van der Waals surface area contributed by atoms with Gasteiger partial charge in [0.2, 0.25) is 5.91 Å². The molecular formula is C24H24F2N2O3S. The van der Waals surface area contributed by atoms with Crippen LogP contribution in [0, 0.1) is 0 Å². The van der Waals surface area contributed by atoms with Gasteiger partial charge in [0, 0.05) is 4.88 Å². The Morgan fingerprint density at radius 1 is 0.969 bits per heavy atom. The Hall–Kier alpha value is -3.26. The van der Waals surface area contributed by atoms with Gasteiger partial charge in [-0.25, -0.2) is 0 Å². The monoisotopic (exact) mass is 458 g/mol. The predicted molar refractivity (Wildman–Crippen MR) is 120 cm³/mol. The summed E-state index contributed by atoms with van der Waals surface area (Å²) in [6.45, 7) is 0.857. The average Bonchev–Trinajstić information content (AvgIpc) is 3.30. The number of alkyl halides is 2. The van der Waals surface area contributed by atoms with E-state index >= 15 is 0 Å². The molecule has 0 saturated carbocycles. The van der Waals surface area contributed by atoms with Crippen molar-refractivity contribution in [1.82, 2.24) is 10.6 Å². The molecule has 168 valence electrons. The highest BCUT2D eigenvalue weighted by molar-refractivity contribution is 7.10. The summed E-state index contributed by atoms with van der Waals surface area (Å²) >= 11 is 1.52. The predicted octanol–water partition coefficient (Wildman–Crippen LogP) is 5.11. The molecule has 2 N–H and O–H groups in total. The summed E-state index contributed by atoms with van der Waals surface area (Å²) in [6, 6.07) is 17.2. The lowest BCUT2D eigenvalue weighted by Crippen LogP contribution is -2.39. The Morgan fingerprint density at radius 3 is 2.28 bits per heavy atom. The summed E-state index contributed by atoms with van der Waals surface area (Å²) in [5.74, 6) is -0.935. The average molecular weight is 459 g/mol. The van der Waals surface area contributed by atoms with Gasteiger partial charge in [0.25, 0.3) is 5.91 Å².